The Morgan fingerprint density at radius 3 is 2.53 bits per heavy atom. The minimum Gasteiger partial charge on any atom is -0.409 e. The average molecular weight is 242 g/mol. The van der Waals surface area contributed by atoms with Gasteiger partial charge in [-0.2, -0.15) is 0 Å². The Labute approximate surface area is 102 Å². The smallest absolute Gasteiger partial charge is 0.234 e. The van der Waals surface area contributed by atoms with Gasteiger partial charge in [-0.25, -0.2) is 0 Å². The van der Waals surface area contributed by atoms with Crippen molar-refractivity contribution >= 4 is 11.7 Å². The first-order valence-electron chi connectivity index (χ1n) is 5.86. The largest absolute Gasteiger partial charge is 0.409 e. The standard InChI is InChI=1S/C11H22N4O2/c1-8(7-15(2)3)13-10(16)11(5-4-6-11)9(12)14-17/h8,17H,4-7H2,1-3H3,(H2,12,14)(H,13,16). The third-order valence-electron chi connectivity index (χ3n) is 3.26. The number of hydrogen-bond donors (Lipinski definition) is 3. The van der Waals surface area contributed by atoms with Crippen molar-refractivity contribution in [3.63, 3.8) is 0 Å². The number of nitrogens with zero attached hydrogens (tertiary/aromatic N) is 2. The maximum atomic E-state index is 12.1. The Morgan fingerprint density at radius 2 is 2.18 bits per heavy atom. The van der Waals surface area contributed by atoms with Crippen LogP contribution in [-0.2, 0) is 4.79 Å². The SMILES string of the molecule is CC(CN(C)C)NC(=O)C1(C(N)=NO)CCC1. The Balaban J connectivity index is 2.62. The molecule has 98 valence electrons. The van der Waals surface area contributed by atoms with Crippen LogP contribution in [0.3, 0.4) is 0 Å². The molecule has 0 radical (unpaired) electrons. The fourth-order valence-corrected chi connectivity index (χ4v) is 2.18. The number of hydrogen-bond acceptors (Lipinski definition) is 4. The summed E-state index contributed by atoms with van der Waals surface area (Å²) < 4.78 is 0. The van der Waals surface area contributed by atoms with Gasteiger partial charge < -0.3 is 21.2 Å². The molecule has 1 amide bonds. The quantitative estimate of drug-likeness (QED) is 0.273. The monoisotopic (exact) mass is 242 g/mol. The van der Waals surface area contributed by atoms with Crippen LogP contribution >= 0.6 is 0 Å². The van der Waals surface area contributed by atoms with Crippen LogP contribution in [0.25, 0.3) is 0 Å². The molecule has 1 fully saturated rings. The molecule has 1 rings (SSSR count). The second kappa shape index (κ2) is 5.35. The van der Waals surface area contributed by atoms with E-state index in [-0.39, 0.29) is 17.8 Å². The molecule has 0 aromatic rings. The van der Waals surface area contributed by atoms with Crippen molar-refractivity contribution in [1.82, 2.24) is 10.2 Å². The van der Waals surface area contributed by atoms with Gasteiger partial charge in [0, 0.05) is 12.6 Å². The molecule has 0 aliphatic heterocycles. The molecular formula is C11H22N4O2. The maximum absolute atomic E-state index is 12.1. The van der Waals surface area contributed by atoms with Crippen LogP contribution in [0.15, 0.2) is 5.16 Å². The fourth-order valence-electron chi connectivity index (χ4n) is 2.18. The van der Waals surface area contributed by atoms with E-state index in [9.17, 15) is 4.79 Å². The van der Waals surface area contributed by atoms with Crippen molar-refractivity contribution in [1.29, 1.82) is 0 Å². The van der Waals surface area contributed by atoms with E-state index in [1.807, 2.05) is 25.9 Å². The van der Waals surface area contributed by atoms with Gasteiger partial charge in [0.2, 0.25) is 5.91 Å². The highest BCUT2D eigenvalue weighted by Gasteiger charge is 2.48. The molecule has 6 nitrogen and oxygen atoms in total. The Bertz CT molecular complexity index is 311. The van der Waals surface area contributed by atoms with Gasteiger partial charge in [-0.3, -0.25) is 4.79 Å². The van der Waals surface area contributed by atoms with E-state index < -0.39 is 5.41 Å². The second-order valence-corrected chi connectivity index (χ2v) is 5.06. The van der Waals surface area contributed by atoms with E-state index in [0.29, 0.717) is 12.8 Å². The van der Waals surface area contributed by atoms with Crippen molar-refractivity contribution in [3.8, 4) is 0 Å². The van der Waals surface area contributed by atoms with Gasteiger partial charge in [-0.05, 0) is 33.9 Å². The van der Waals surface area contributed by atoms with Gasteiger partial charge >= 0.3 is 0 Å². The topological polar surface area (TPSA) is 91.0 Å². The number of nitrogens with two attached hydrogens (primary N) is 1. The van der Waals surface area contributed by atoms with Crippen LogP contribution in [0.4, 0.5) is 0 Å². The Hall–Kier alpha value is -1.30. The molecule has 4 N–H and O–H groups in total. The fraction of sp³-hybridized carbons (Fsp3) is 0.818. The third-order valence-corrected chi connectivity index (χ3v) is 3.26. The van der Waals surface area contributed by atoms with Crippen LogP contribution in [0.1, 0.15) is 26.2 Å². The summed E-state index contributed by atoms with van der Waals surface area (Å²) in [5.74, 6) is -0.105. The first-order chi connectivity index (χ1) is 7.92. The minimum atomic E-state index is -0.782. The van der Waals surface area contributed by atoms with Gasteiger partial charge in [0.25, 0.3) is 0 Å². The highest BCUT2D eigenvalue weighted by molar-refractivity contribution is 6.07. The maximum Gasteiger partial charge on any atom is 0.234 e. The number of carbonyl (C=O) groups is 1. The lowest BCUT2D eigenvalue weighted by Gasteiger charge is -2.39. The molecule has 0 aromatic heterocycles. The van der Waals surface area contributed by atoms with Crippen LogP contribution in [0, 0.1) is 5.41 Å². The average Bonchev–Trinajstić information content (AvgIpc) is 2.13. The summed E-state index contributed by atoms with van der Waals surface area (Å²) in [6.07, 6.45) is 2.25. The van der Waals surface area contributed by atoms with Crippen molar-refractivity contribution in [3.05, 3.63) is 0 Å². The normalized spacial score (nSPS) is 20.8. The molecule has 1 aliphatic carbocycles. The van der Waals surface area contributed by atoms with Crippen molar-refractivity contribution < 1.29 is 10.0 Å². The predicted octanol–water partition coefficient (Wildman–Crippen LogP) is -0.0306. The van der Waals surface area contributed by atoms with Gasteiger partial charge in [-0.15, -0.1) is 0 Å². The zero-order valence-corrected chi connectivity index (χ0v) is 10.7. The lowest BCUT2D eigenvalue weighted by molar-refractivity contribution is -0.131. The summed E-state index contributed by atoms with van der Waals surface area (Å²) in [4.78, 5) is 14.1. The number of amides is 1. The summed E-state index contributed by atoms with van der Waals surface area (Å²) in [6, 6.07) is 0.0430. The second-order valence-electron chi connectivity index (χ2n) is 5.06. The molecule has 0 saturated heterocycles. The molecule has 0 bridgehead atoms. The highest BCUT2D eigenvalue weighted by atomic mass is 16.4. The van der Waals surface area contributed by atoms with Gasteiger partial charge in [-0.1, -0.05) is 11.6 Å². The molecule has 6 heteroatoms. The molecule has 1 atom stereocenters. The first kappa shape index (κ1) is 13.8. The van der Waals surface area contributed by atoms with Crippen LogP contribution in [0.5, 0.6) is 0 Å². The number of oxime groups is 1. The highest BCUT2D eigenvalue weighted by Crippen LogP contribution is 2.41. The van der Waals surface area contributed by atoms with E-state index in [2.05, 4.69) is 10.5 Å². The molecule has 17 heavy (non-hydrogen) atoms. The molecule has 0 spiro atoms. The lowest BCUT2D eigenvalue weighted by atomic mass is 9.67. The van der Waals surface area contributed by atoms with E-state index in [1.165, 1.54) is 0 Å². The van der Waals surface area contributed by atoms with E-state index >= 15 is 0 Å². The third kappa shape index (κ3) is 2.88. The van der Waals surface area contributed by atoms with E-state index in [4.69, 9.17) is 10.9 Å². The first-order valence-corrected chi connectivity index (χ1v) is 5.86. The van der Waals surface area contributed by atoms with E-state index in [0.717, 1.165) is 13.0 Å². The summed E-state index contributed by atoms with van der Waals surface area (Å²) in [5.41, 5.74) is 4.84. The predicted molar refractivity (Wildman–Crippen MR) is 65.9 cm³/mol. The summed E-state index contributed by atoms with van der Waals surface area (Å²) >= 11 is 0. The number of rotatable bonds is 5. The zero-order chi connectivity index (χ0) is 13.1. The van der Waals surface area contributed by atoms with Gasteiger partial charge in [0.05, 0.1) is 0 Å². The number of nitrogens with one attached hydrogen (secondary N) is 1. The van der Waals surface area contributed by atoms with Crippen molar-refractivity contribution in [2.24, 2.45) is 16.3 Å². The summed E-state index contributed by atoms with van der Waals surface area (Å²) in [5, 5.41) is 14.7. The zero-order valence-electron chi connectivity index (χ0n) is 10.7. The molecule has 1 unspecified atom stereocenters. The number of amidine groups is 1. The minimum absolute atomic E-state index is 0.0262. The van der Waals surface area contributed by atoms with Crippen LogP contribution < -0.4 is 11.1 Å². The summed E-state index contributed by atoms with van der Waals surface area (Å²) in [7, 11) is 3.90. The molecule has 0 heterocycles. The van der Waals surface area contributed by atoms with E-state index in [1.54, 1.807) is 0 Å². The van der Waals surface area contributed by atoms with Crippen LogP contribution in [-0.4, -0.2) is 48.5 Å². The van der Waals surface area contributed by atoms with Gasteiger partial charge in [0.15, 0.2) is 5.84 Å². The van der Waals surface area contributed by atoms with Gasteiger partial charge in [0.1, 0.15) is 5.41 Å². The number of likely N-dealkylation sites (N-methyl/N-ethyl adjacent to an activating group) is 1. The molecular weight excluding hydrogens is 220 g/mol. The molecule has 1 aliphatic rings. The lowest BCUT2D eigenvalue weighted by Crippen LogP contribution is -2.56. The molecule has 0 aromatic carbocycles. The number of carbonyl (C=O) groups excluding carboxylic acids is 1. The van der Waals surface area contributed by atoms with Crippen molar-refractivity contribution in [2.45, 2.75) is 32.2 Å². The Kier molecular flexibility index (Phi) is 4.34. The van der Waals surface area contributed by atoms with Crippen molar-refractivity contribution in [2.75, 3.05) is 20.6 Å². The van der Waals surface area contributed by atoms with Crippen LogP contribution in [0.2, 0.25) is 0 Å². The molecule has 1 saturated carbocycles. The summed E-state index contributed by atoms with van der Waals surface area (Å²) in [6.45, 7) is 2.70. The Morgan fingerprint density at radius 1 is 1.59 bits per heavy atom.